The SMILES string of the molecule is CCCN(C)c1nc(N)c(C(=O)N2CCC(C(N)=O)C2)s1. The maximum Gasteiger partial charge on any atom is 0.267 e. The lowest BCUT2D eigenvalue weighted by molar-refractivity contribution is -0.121. The molecule has 2 rings (SSSR count). The molecule has 0 aliphatic carbocycles. The van der Waals surface area contributed by atoms with Crippen molar-refractivity contribution in [3.8, 4) is 0 Å². The summed E-state index contributed by atoms with van der Waals surface area (Å²) in [5, 5.41) is 0.739. The molecule has 1 saturated heterocycles. The minimum atomic E-state index is -0.356. The number of aromatic nitrogens is 1. The third-order valence-electron chi connectivity index (χ3n) is 3.60. The van der Waals surface area contributed by atoms with Crippen molar-refractivity contribution >= 4 is 34.1 Å². The van der Waals surface area contributed by atoms with Gasteiger partial charge in [0.25, 0.3) is 5.91 Å². The van der Waals surface area contributed by atoms with E-state index in [2.05, 4.69) is 11.9 Å². The lowest BCUT2D eigenvalue weighted by Crippen LogP contribution is -2.31. The lowest BCUT2D eigenvalue weighted by atomic mass is 10.1. The molecule has 116 valence electrons. The van der Waals surface area contributed by atoms with Gasteiger partial charge in [0.15, 0.2) is 5.13 Å². The number of hydrogen-bond donors (Lipinski definition) is 2. The molecule has 8 heteroatoms. The van der Waals surface area contributed by atoms with Crippen molar-refractivity contribution in [2.45, 2.75) is 19.8 Å². The van der Waals surface area contributed by atoms with Gasteiger partial charge in [-0.05, 0) is 12.8 Å². The van der Waals surface area contributed by atoms with Crippen LogP contribution in [0.4, 0.5) is 10.9 Å². The molecule has 1 aromatic heterocycles. The molecule has 21 heavy (non-hydrogen) atoms. The molecule has 0 spiro atoms. The van der Waals surface area contributed by atoms with E-state index < -0.39 is 0 Å². The quantitative estimate of drug-likeness (QED) is 0.824. The first kappa shape index (κ1) is 15.6. The number of nitrogen functional groups attached to an aromatic ring is 1. The molecule has 1 aliphatic heterocycles. The van der Waals surface area contributed by atoms with Gasteiger partial charge >= 0.3 is 0 Å². The van der Waals surface area contributed by atoms with Crippen LogP contribution in [0.1, 0.15) is 29.4 Å². The minimum Gasteiger partial charge on any atom is -0.382 e. The van der Waals surface area contributed by atoms with Crippen molar-refractivity contribution < 1.29 is 9.59 Å². The van der Waals surface area contributed by atoms with Crippen molar-refractivity contribution in [1.29, 1.82) is 0 Å². The highest BCUT2D eigenvalue weighted by atomic mass is 32.1. The Bertz CT molecular complexity index is 545. The molecule has 7 nitrogen and oxygen atoms in total. The van der Waals surface area contributed by atoms with Gasteiger partial charge in [0.05, 0.1) is 5.92 Å². The van der Waals surface area contributed by atoms with Crippen molar-refractivity contribution in [2.24, 2.45) is 11.7 Å². The monoisotopic (exact) mass is 311 g/mol. The van der Waals surface area contributed by atoms with E-state index in [4.69, 9.17) is 11.5 Å². The van der Waals surface area contributed by atoms with Gasteiger partial charge in [-0.2, -0.15) is 0 Å². The van der Waals surface area contributed by atoms with Gasteiger partial charge < -0.3 is 21.3 Å². The van der Waals surface area contributed by atoms with Crippen LogP contribution in [-0.4, -0.2) is 48.4 Å². The molecule has 2 amide bonds. The number of carbonyl (C=O) groups is 2. The molecule has 0 saturated carbocycles. The van der Waals surface area contributed by atoms with E-state index in [0.717, 1.165) is 18.1 Å². The smallest absolute Gasteiger partial charge is 0.267 e. The molecular weight excluding hydrogens is 290 g/mol. The first-order valence-corrected chi connectivity index (χ1v) is 7.81. The summed E-state index contributed by atoms with van der Waals surface area (Å²) in [5.74, 6) is -0.522. The van der Waals surface area contributed by atoms with E-state index in [1.165, 1.54) is 11.3 Å². The first-order valence-electron chi connectivity index (χ1n) is 7.00. The predicted octanol–water partition coefficient (Wildman–Crippen LogP) is 0.519. The topological polar surface area (TPSA) is 106 Å². The average Bonchev–Trinajstić information content (AvgIpc) is 3.05. The van der Waals surface area contributed by atoms with E-state index in [0.29, 0.717) is 24.4 Å². The summed E-state index contributed by atoms with van der Waals surface area (Å²) in [6.45, 7) is 3.83. The fraction of sp³-hybridized carbons (Fsp3) is 0.615. The second kappa shape index (κ2) is 6.30. The number of hydrogen-bond acceptors (Lipinski definition) is 6. The fourth-order valence-electron chi connectivity index (χ4n) is 2.39. The molecule has 0 radical (unpaired) electrons. The van der Waals surface area contributed by atoms with Crippen LogP contribution < -0.4 is 16.4 Å². The van der Waals surface area contributed by atoms with E-state index in [1.54, 1.807) is 4.90 Å². The van der Waals surface area contributed by atoms with Crippen LogP contribution in [0.25, 0.3) is 0 Å². The average molecular weight is 311 g/mol. The van der Waals surface area contributed by atoms with Gasteiger partial charge in [0.2, 0.25) is 5.91 Å². The summed E-state index contributed by atoms with van der Waals surface area (Å²) < 4.78 is 0. The molecule has 0 aromatic carbocycles. The van der Waals surface area contributed by atoms with Crippen molar-refractivity contribution in [2.75, 3.05) is 37.3 Å². The zero-order chi connectivity index (χ0) is 15.6. The van der Waals surface area contributed by atoms with Crippen LogP contribution in [-0.2, 0) is 4.79 Å². The Morgan fingerprint density at radius 3 is 2.81 bits per heavy atom. The zero-order valence-corrected chi connectivity index (χ0v) is 13.2. The van der Waals surface area contributed by atoms with E-state index >= 15 is 0 Å². The van der Waals surface area contributed by atoms with Gasteiger partial charge in [-0.1, -0.05) is 18.3 Å². The summed E-state index contributed by atoms with van der Waals surface area (Å²) in [6.07, 6.45) is 1.61. The summed E-state index contributed by atoms with van der Waals surface area (Å²) in [5.41, 5.74) is 11.2. The standard InChI is InChI=1S/C13H21N5O2S/c1-3-5-17(2)13-16-10(14)9(21-13)12(20)18-6-4-8(7-18)11(15)19/h8H,3-7,14H2,1-2H3,(H2,15,19). The zero-order valence-electron chi connectivity index (χ0n) is 12.3. The Kier molecular flexibility index (Phi) is 4.66. The highest BCUT2D eigenvalue weighted by Crippen LogP contribution is 2.30. The van der Waals surface area contributed by atoms with Crippen LogP contribution in [0.2, 0.25) is 0 Å². The largest absolute Gasteiger partial charge is 0.382 e. The fourth-order valence-corrected chi connectivity index (χ4v) is 3.33. The number of amides is 2. The number of carbonyl (C=O) groups excluding carboxylic acids is 2. The maximum atomic E-state index is 12.5. The maximum absolute atomic E-state index is 12.5. The van der Waals surface area contributed by atoms with Crippen LogP contribution in [0, 0.1) is 5.92 Å². The summed E-state index contributed by atoms with van der Waals surface area (Å²) >= 11 is 1.29. The molecule has 2 heterocycles. The van der Waals surface area contributed by atoms with Crippen molar-refractivity contribution in [3.05, 3.63) is 4.88 Å². The Labute approximate surface area is 127 Å². The number of nitrogens with two attached hydrogens (primary N) is 2. The summed E-state index contributed by atoms with van der Waals surface area (Å²) in [7, 11) is 1.93. The Balaban J connectivity index is 2.11. The number of rotatable bonds is 5. The Hall–Kier alpha value is -1.83. The van der Waals surface area contributed by atoms with Crippen molar-refractivity contribution in [3.63, 3.8) is 0 Å². The van der Waals surface area contributed by atoms with Gasteiger partial charge in [-0.25, -0.2) is 4.98 Å². The Morgan fingerprint density at radius 1 is 1.52 bits per heavy atom. The van der Waals surface area contributed by atoms with Crippen LogP contribution in [0.3, 0.4) is 0 Å². The second-order valence-electron chi connectivity index (χ2n) is 5.27. The molecular formula is C13H21N5O2S. The molecule has 1 aliphatic rings. The summed E-state index contributed by atoms with van der Waals surface area (Å²) in [6, 6.07) is 0. The number of anilines is 2. The molecule has 1 atom stereocenters. The first-order chi connectivity index (χ1) is 9.93. The lowest BCUT2D eigenvalue weighted by Gasteiger charge is -2.15. The van der Waals surface area contributed by atoms with Gasteiger partial charge in [-0.3, -0.25) is 9.59 Å². The predicted molar refractivity (Wildman–Crippen MR) is 83.3 cm³/mol. The highest BCUT2D eigenvalue weighted by molar-refractivity contribution is 7.18. The van der Waals surface area contributed by atoms with Gasteiger partial charge in [0.1, 0.15) is 10.7 Å². The molecule has 0 bridgehead atoms. The molecule has 4 N–H and O–H groups in total. The third-order valence-corrected chi connectivity index (χ3v) is 4.77. The van der Waals surface area contributed by atoms with Crippen LogP contribution >= 0.6 is 11.3 Å². The minimum absolute atomic E-state index is 0.162. The third kappa shape index (κ3) is 3.26. The van der Waals surface area contributed by atoms with Gasteiger partial charge in [0, 0.05) is 26.7 Å². The van der Waals surface area contributed by atoms with Crippen LogP contribution in [0.5, 0.6) is 0 Å². The summed E-state index contributed by atoms with van der Waals surface area (Å²) in [4.78, 5) is 32.0. The number of primary amides is 1. The number of likely N-dealkylation sites (tertiary alicyclic amines) is 1. The van der Waals surface area contributed by atoms with E-state index in [9.17, 15) is 9.59 Å². The molecule has 1 fully saturated rings. The van der Waals surface area contributed by atoms with E-state index in [1.807, 2.05) is 11.9 Å². The normalized spacial score (nSPS) is 18.0. The van der Waals surface area contributed by atoms with Crippen LogP contribution in [0.15, 0.2) is 0 Å². The van der Waals surface area contributed by atoms with Gasteiger partial charge in [-0.15, -0.1) is 0 Å². The highest BCUT2D eigenvalue weighted by Gasteiger charge is 2.32. The van der Waals surface area contributed by atoms with E-state index in [-0.39, 0.29) is 23.6 Å². The number of nitrogens with zero attached hydrogens (tertiary/aromatic N) is 3. The molecule has 1 unspecified atom stereocenters. The number of thiazole rings is 1. The second-order valence-corrected chi connectivity index (χ2v) is 6.25. The van der Waals surface area contributed by atoms with Crippen molar-refractivity contribution in [1.82, 2.24) is 9.88 Å². The molecule has 1 aromatic rings. The Morgan fingerprint density at radius 2 is 2.24 bits per heavy atom.